The minimum atomic E-state index is -0.577. The second-order valence-corrected chi connectivity index (χ2v) is 11.1. The monoisotopic (exact) mass is 545 g/mol. The fourth-order valence-electron chi connectivity index (χ4n) is 4.32. The Morgan fingerprint density at radius 2 is 1.82 bits per heavy atom. The number of aryl methyl sites for hydroxylation is 1. The number of carbonyl (C=O) groups is 3. The van der Waals surface area contributed by atoms with Crippen LogP contribution in [0.5, 0.6) is 0 Å². The molecule has 0 N–H and O–H groups in total. The van der Waals surface area contributed by atoms with Gasteiger partial charge >= 0.3 is 0 Å². The van der Waals surface area contributed by atoms with Crippen LogP contribution in [-0.2, 0) is 22.6 Å². The lowest BCUT2D eigenvalue weighted by atomic mass is 10.00. The molecule has 0 spiro atoms. The zero-order valence-corrected chi connectivity index (χ0v) is 22.1. The van der Waals surface area contributed by atoms with E-state index in [0.29, 0.717) is 23.5 Å². The van der Waals surface area contributed by atoms with Gasteiger partial charge in [-0.05, 0) is 66.1 Å². The van der Waals surface area contributed by atoms with Crippen LogP contribution in [0.15, 0.2) is 81.4 Å². The van der Waals surface area contributed by atoms with Crippen LogP contribution in [0.3, 0.4) is 0 Å². The Labute approximate surface area is 227 Å². The molecule has 5 rings (SSSR count). The van der Waals surface area contributed by atoms with Crippen LogP contribution in [-0.4, -0.2) is 44.9 Å². The molecule has 2 aliphatic rings. The predicted molar refractivity (Wildman–Crippen MR) is 147 cm³/mol. The second-order valence-electron chi connectivity index (χ2n) is 9.00. The molecule has 0 aliphatic carbocycles. The molecule has 2 heterocycles. The lowest BCUT2D eigenvalue weighted by Crippen LogP contribution is -2.44. The summed E-state index contributed by atoms with van der Waals surface area (Å²) < 4.78 is 0. The molecule has 0 aromatic heterocycles. The maximum Gasteiger partial charge on any atom is 0.294 e. The van der Waals surface area contributed by atoms with E-state index >= 15 is 0 Å². The molecule has 192 valence electrons. The van der Waals surface area contributed by atoms with Gasteiger partial charge in [0, 0.05) is 24.1 Å². The number of nitrogens with zero attached hydrogens (tertiary/aromatic N) is 3. The summed E-state index contributed by atoms with van der Waals surface area (Å²) in [5.74, 6) is -0.873. The topological polar surface area (TPSA) is 101 Å². The van der Waals surface area contributed by atoms with E-state index in [1.54, 1.807) is 17.0 Å². The van der Waals surface area contributed by atoms with E-state index in [0.717, 1.165) is 39.1 Å². The van der Waals surface area contributed by atoms with Crippen LogP contribution >= 0.6 is 23.5 Å². The quantitative estimate of drug-likeness (QED) is 0.223. The molecule has 3 aromatic carbocycles. The lowest BCUT2D eigenvalue weighted by Gasteiger charge is -2.29. The van der Waals surface area contributed by atoms with E-state index in [2.05, 4.69) is 0 Å². The Kier molecular flexibility index (Phi) is 7.35. The highest BCUT2D eigenvalue weighted by Crippen LogP contribution is 2.37. The SMILES string of the molecule is Cc1ccc(Sc2ccc(/C=C3\SC(=O)N(CC(=O)N4CCc5ccccc5C4)C3=O)cc2[N+](=O)[O-])cc1. The molecule has 0 radical (unpaired) electrons. The van der Waals surface area contributed by atoms with Crippen LogP contribution < -0.4 is 0 Å². The molecular weight excluding hydrogens is 522 g/mol. The molecule has 3 amide bonds. The van der Waals surface area contributed by atoms with Crippen molar-refractivity contribution in [3.8, 4) is 0 Å². The summed E-state index contributed by atoms with van der Waals surface area (Å²) in [5, 5.41) is 11.2. The van der Waals surface area contributed by atoms with Crippen LogP contribution in [0.4, 0.5) is 10.5 Å². The van der Waals surface area contributed by atoms with Crippen LogP contribution in [0.1, 0.15) is 22.3 Å². The van der Waals surface area contributed by atoms with Gasteiger partial charge in [0.2, 0.25) is 5.91 Å². The number of carbonyl (C=O) groups excluding carboxylic acids is 3. The van der Waals surface area contributed by atoms with Crippen molar-refractivity contribution in [2.75, 3.05) is 13.1 Å². The van der Waals surface area contributed by atoms with E-state index in [9.17, 15) is 24.5 Å². The molecule has 3 aromatic rings. The van der Waals surface area contributed by atoms with Gasteiger partial charge in [-0.1, -0.05) is 59.8 Å². The number of benzene rings is 3. The van der Waals surface area contributed by atoms with E-state index < -0.39 is 16.1 Å². The number of hydrogen-bond acceptors (Lipinski definition) is 7. The molecular formula is C28H23N3O5S2. The van der Waals surface area contributed by atoms with Gasteiger partial charge in [-0.15, -0.1) is 0 Å². The molecule has 1 fully saturated rings. The average Bonchev–Trinajstić information content (AvgIpc) is 3.17. The molecule has 2 aliphatic heterocycles. The van der Waals surface area contributed by atoms with Crippen molar-refractivity contribution < 1.29 is 19.3 Å². The maximum absolute atomic E-state index is 13.0. The Balaban J connectivity index is 1.30. The fraction of sp³-hybridized carbons (Fsp3) is 0.179. The molecule has 8 nitrogen and oxygen atoms in total. The highest BCUT2D eigenvalue weighted by Gasteiger charge is 2.37. The number of thioether (sulfide) groups is 1. The maximum atomic E-state index is 13.0. The molecule has 1 saturated heterocycles. The first-order chi connectivity index (χ1) is 18.3. The number of rotatable bonds is 6. The summed E-state index contributed by atoms with van der Waals surface area (Å²) in [6.07, 6.45) is 2.18. The van der Waals surface area contributed by atoms with Gasteiger partial charge in [0.1, 0.15) is 6.54 Å². The summed E-state index contributed by atoms with van der Waals surface area (Å²) in [6, 6.07) is 20.3. The standard InChI is InChI=1S/C28H23N3O5S2/c1-18-6-9-22(10-7-18)37-24-11-8-19(14-23(24)31(35)36)15-25-27(33)30(28(34)38-25)17-26(32)29-13-12-20-4-2-3-5-21(20)16-29/h2-11,14-15H,12-13,16-17H2,1H3/b25-15-. The third-order valence-electron chi connectivity index (χ3n) is 6.38. The molecule has 10 heteroatoms. The average molecular weight is 546 g/mol. The van der Waals surface area contributed by atoms with Crippen LogP contribution in [0, 0.1) is 17.0 Å². The van der Waals surface area contributed by atoms with E-state index in [4.69, 9.17) is 0 Å². The zero-order valence-electron chi connectivity index (χ0n) is 20.5. The minimum absolute atomic E-state index is 0.0934. The van der Waals surface area contributed by atoms with Crippen molar-refractivity contribution in [1.29, 1.82) is 0 Å². The smallest absolute Gasteiger partial charge is 0.294 e. The number of nitro groups is 1. The third kappa shape index (κ3) is 5.51. The molecule has 0 saturated carbocycles. The van der Waals surface area contributed by atoms with Gasteiger partial charge in [-0.3, -0.25) is 29.4 Å². The summed E-state index contributed by atoms with van der Waals surface area (Å²) >= 11 is 2.01. The van der Waals surface area contributed by atoms with Gasteiger partial charge in [0.25, 0.3) is 16.8 Å². The van der Waals surface area contributed by atoms with Gasteiger partial charge in [0.15, 0.2) is 0 Å². The first-order valence-corrected chi connectivity index (χ1v) is 13.5. The molecule has 0 atom stereocenters. The van der Waals surface area contributed by atoms with Gasteiger partial charge in [-0.25, -0.2) is 0 Å². The van der Waals surface area contributed by atoms with Crippen molar-refractivity contribution in [2.24, 2.45) is 0 Å². The minimum Gasteiger partial charge on any atom is -0.336 e. The number of fused-ring (bicyclic) bond motifs is 1. The van der Waals surface area contributed by atoms with Crippen molar-refractivity contribution >= 4 is 52.3 Å². The number of hydrogen-bond donors (Lipinski definition) is 0. The number of nitro benzene ring substituents is 1. The van der Waals surface area contributed by atoms with Crippen molar-refractivity contribution in [2.45, 2.75) is 29.7 Å². The van der Waals surface area contributed by atoms with Crippen molar-refractivity contribution in [3.63, 3.8) is 0 Å². The fourth-order valence-corrected chi connectivity index (χ4v) is 6.06. The highest BCUT2D eigenvalue weighted by molar-refractivity contribution is 8.18. The summed E-state index contributed by atoms with van der Waals surface area (Å²) in [6.45, 7) is 2.60. The summed E-state index contributed by atoms with van der Waals surface area (Å²) in [4.78, 5) is 53.9. The Morgan fingerprint density at radius 1 is 1.08 bits per heavy atom. The second kappa shape index (κ2) is 10.8. The predicted octanol–water partition coefficient (Wildman–Crippen LogP) is 5.68. The van der Waals surface area contributed by atoms with E-state index in [1.165, 1.54) is 29.5 Å². The lowest BCUT2D eigenvalue weighted by molar-refractivity contribution is -0.387. The van der Waals surface area contributed by atoms with Gasteiger partial charge in [-0.2, -0.15) is 0 Å². The molecule has 38 heavy (non-hydrogen) atoms. The zero-order chi connectivity index (χ0) is 26.8. The van der Waals surface area contributed by atoms with Crippen LogP contribution in [0.25, 0.3) is 6.08 Å². The van der Waals surface area contributed by atoms with Crippen LogP contribution in [0.2, 0.25) is 0 Å². The Bertz CT molecular complexity index is 1490. The normalized spacial score (nSPS) is 16.2. The van der Waals surface area contributed by atoms with E-state index in [-0.39, 0.29) is 23.0 Å². The largest absolute Gasteiger partial charge is 0.336 e. The first kappa shape index (κ1) is 25.7. The first-order valence-electron chi connectivity index (χ1n) is 11.9. The molecule has 0 bridgehead atoms. The summed E-state index contributed by atoms with van der Waals surface area (Å²) in [7, 11) is 0. The van der Waals surface area contributed by atoms with Crippen molar-refractivity contribution in [1.82, 2.24) is 9.80 Å². The van der Waals surface area contributed by atoms with Gasteiger partial charge < -0.3 is 4.90 Å². The highest BCUT2D eigenvalue weighted by atomic mass is 32.2. The summed E-state index contributed by atoms with van der Waals surface area (Å²) in [5.41, 5.74) is 3.68. The number of amides is 3. The number of imide groups is 1. The van der Waals surface area contributed by atoms with Crippen molar-refractivity contribution in [3.05, 3.63) is 104 Å². The molecule has 0 unspecified atom stereocenters. The van der Waals surface area contributed by atoms with Gasteiger partial charge in [0.05, 0.1) is 14.7 Å². The Hall–Kier alpha value is -3.89. The Morgan fingerprint density at radius 3 is 2.55 bits per heavy atom. The third-order valence-corrected chi connectivity index (χ3v) is 8.36. The van der Waals surface area contributed by atoms with E-state index in [1.807, 2.05) is 55.5 Å².